The molecule has 65 heavy (non-hydrogen) atoms. The molecule has 0 radical (unpaired) electrons. The minimum absolute atomic E-state index is 1.16. The van der Waals surface area contributed by atoms with Crippen molar-refractivity contribution in [3.05, 3.63) is 218 Å². The maximum absolute atomic E-state index is 2.51. The smallest absolute Gasteiger partial charge is 0.0556 e. The van der Waals surface area contributed by atoms with Crippen molar-refractivity contribution in [3.8, 4) is 22.7 Å². The third-order valence-electron chi connectivity index (χ3n) is 13.9. The second-order valence-corrected chi connectivity index (χ2v) is 18.3. The molecule has 0 atom stereocenters. The quantitative estimate of drug-likeness (QED) is 0.168. The zero-order valence-corrected chi connectivity index (χ0v) is 35.8. The molecule has 302 valence electrons. The second kappa shape index (κ2) is 13.1. The van der Waals surface area contributed by atoms with Gasteiger partial charge < -0.3 is 18.3 Å². The Labute approximate surface area is 376 Å². The van der Waals surface area contributed by atoms with Gasteiger partial charge in [0.2, 0.25) is 0 Å². The van der Waals surface area contributed by atoms with Crippen LogP contribution in [0.15, 0.2) is 218 Å². The van der Waals surface area contributed by atoms with Gasteiger partial charge in [0.05, 0.1) is 55.5 Å². The lowest BCUT2D eigenvalue weighted by Gasteiger charge is -2.14. The van der Waals surface area contributed by atoms with Gasteiger partial charge in [-0.25, -0.2) is 0 Å². The molecule has 0 aliphatic carbocycles. The largest absolute Gasteiger partial charge is 0.309 e. The van der Waals surface area contributed by atoms with Gasteiger partial charge in [-0.1, -0.05) is 121 Å². The van der Waals surface area contributed by atoms with Crippen LogP contribution < -0.4 is 0 Å². The van der Waals surface area contributed by atoms with Crippen molar-refractivity contribution in [2.45, 2.75) is 0 Å². The first-order chi connectivity index (χ1) is 32.3. The molecule has 15 rings (SSSR count). The number of fused-ring (bicyclic) bond motifs is 15. The number of benzene rings is 10. The Morgan fingerprint density at radius 1 is 0.231 bits per heavy atom. The van der Waals surface area contributed by atoms with Crippen LogP contribution in [0, 0.1) is 0 Å². The molecule has 0 saturated heterocycles. The first-order valence-corrected chi connectivity index (χ1v) is 23.1. The molecule has 5 heteroatoms. The van der Waals surface area contributed by atoms with Crippen LogP contribution in [0.2, 0.25) is 0 Å². The minimum atomic E-state index is 1.16. The van der Waals surface area contributed by atoms with E-state index in [9.17, 15) is 0 Å². The Morgan fingerprint density at radius 2 is 0.523 bits per heavy atom. The molecule has 10 aromatic carbocycles. The van der Waals surface area contributed by atoms with Crippen LogP contribution in [-0.2, 0) is 0 Å². The summed E-state index contributed by atoms with van der Waals surface area (Å²) in [7, 11) is 0. The highest BCUT2D eigenvalue weighted by Crippen LogP contribution is 2.46. The molecule has 0 bridgehead atoms. The fourth-order valence-corrected chi connectivity index (χ4v) is 12.5. The van der Waals surface area contributed by atoms with Crippen LogP contribution in [0.1, 0.15) is 0 Å². The van der Waals surface area contributed by atoms with E-state index in [0.29, 0.717) is 0 Å². The van der Waals surface area contributed by atoms with Gasteiger partial charge in [0, 0.05) is 74.6 Å². The van der Waals surface area contributed by atoms with Gasteiger partial charge in [0.25, 0.3) is 0 Å². The third-order valence-corrected chi connectivity index (χ3v) is 15.1. The Bertz CT molecular complexity index is 4100. The van der Waals surface area contributed by atoms with E-state index >= 15 is 0 Å². The molecule has 0 spiro atoms. The zero-order chi connectivity index (χ0) is 42.3. The fraction of sp³-hybridized carbons (Fsp3) is 0. The van der Waals surface area contributed by atoms with Crippen molar-refractivity contribution >= 4 is 119 Å². The monoisotopic (exact) mass is 844 g/mol. The molecule has 0 unspecified atom stereocenters. The van der Waals surface area contributed by atoms with Crippen molar-refractivity contribution in [3.63, 3.8) is 0 Å². The average molecular weight is 845 g/mol. The molecule has 5 heterocycles. The number of thiophene rings is 1. The SMILES string of the molecule is c1cc(-n2c3ccccc3c3cc(-n4c5ccccc5c5ccccc54)ccc32)c2c(c1)sc1cccc(-n3c4ccccc4c4cc(-n5c6ccccc6c6ccccc65)ccc43)c12. The maximum atomic E-state index is 2.51. The number of aromatic nitrogens is 4. The minimum Gasteiger partial charge on any atom is -0.309 e. The van der Waals surface area contributed by atoms with E-state index in [1.807, 2.05) is 11.3 Å². The predicted molar refractivity (Wildman–Crippen MR) is 277 cm³/mol. The molecule has 0 fully saturated rings. The van der Waals surface area contributed by atoms with E-state index in [1.165, 1.54) is 119 Å². The van der Waals surface area contributed by atoms with E-state index < -0.39 is 0 Å². The predicted octanol–water partition coefficient (Wildman–Crippen LogP) is 16.4. The summed E-state index contributed by atoms with van der Waals surface area (Å²) >= 11 is 1.88. The third kappa shape index (κ3) is 4.74. The number of rotatable bonds is 4. The molecule has 0 amide bonds. The molecule has 0 aliphatic rings. The van der Waals surface area contributed by atoms with Crippen molar-refractivity contribution in [1.29, 1.82) is 0 Å². The summed E-state index contributed by atoms with van der Waals surface area (Å²) < 4.78 is 12.4. The fourth-order valence-electron chi connectivity index (χ4n) is 11.3. The lowest BCUT2D eigenvalue weighted by molar-refractivity contribution is 1.17. The summed E-state index contributed by atoms with van der Waals surface area (Å²) in [6, 6.07) is 80.7. The van der Waals surface area contributed by atoms with Crippen LogP contribution in [0.4, 0.5) is 0 Å². The van der Waals surface area contributed by atoms with Gasteiger partial charge >= 0.3 is 0 Å². The summed E-state index contributed by atoms with van der Waals surface area (Å²) in [4.78, 5) is 0. The highest BCUT2D eigenvalue weighted by molar-refractivity contribution is 7.26. The first kappa shape index (κ1) is 35.1. The topological polar surface area (TPSA) is 19.7 Å². The van der Waals surface area contributed by atoms with E-state index in [4.69, 9.17) is 0 Å². The molecule has 0 aliphatic heterocycles. The van der Waals surface area contributed by atoms with Crippen molar-refractivity contribution in [2.75, 3.05) is 0 Å². The maximum Gasteiger partial charge on any atom is 0.0556 e. The number of hydrogen-bond donors (Lipinski definition) is 0. The average Bonchev–Trinajstić information content (AvgIpc) is 4.16. The standard InChI is InChI=1S/C60H36N4S/c1-7-21-47-39(15-1)40-16-2-8-22-48(40)61(47)37-31-33-53-45(35-37)43-19-5-11-25-51(43)63(53)55-27-13-29-57-59(55)60-56(28-14-30-58(60)65-57)64-52-26-12-6-20-44(52)46-36-38(32-34-54(46)64)62-49-23-9-3-17-41(49)42-18-4-10-24-50(42)62/h1-36H. The van der Waals surface area contributed by atoms with E-state index in [2.05, 4.69) is 237 Å². The molecule has 4 nitrogen and oxygen atoms in total. The lowest BCUT2D eigenvalue weighted by atomic mass is 10.1. The van der Waals surface area contributed by atoms with Gasteiger partial charge in [0.1, 0.15) is 0 Å². The number of nitrogens with zero attached hydrogens (tertiary/aromatic N) is 4. The van der Waals surface area contributed by atoms with Gasteiger partial charge in [-0.05, 0) is 97.1 Å². The van der Waals surface area contributed by atoms with Crippen molar-refractivity contribution < 1.29 is 0 Å². The van der Waals surface area contributed by atoms with E-state index in [0.717, 1.165) is 11.4 Å². The highest BCUT2D eigenvalue weighted by atomic mass is 32.1. The van der Waals surface area contributed by atoms with Gasteiger partial charge in [-0.2, -0.15) is 0 Å². The summed E-state index contributed by atoms with van der Waals surface area (Å²) in [6.45, 7) is 0. The molecule has 0 N–H and O–H groups in total. The Balaban J connectivity index is 0.981. The number of para-hydroxylation sites is 6. The van der Waals surface area contributed by atoms with Crippen LogP contribution in [-0.4, -0.2) is 18.3 Å². The summed E-state index contributed by atoms with van der Waals surface area (Å²) in [5.41, 5.74) is 14.3. The Morgan fingerprint density at radius 3 is 0.877 bits per heavy atom. The molecular weight excluding hydrogens is 809 g/mol. The van der Waals surface area contributed by atoms with Crippen LogP contribution in [0.25, 0.3) is 130 Å². The van der Waals surface area contributed by atoms with Crippen molar-refractivity contribution in [2.24, 2.45) is 0 Å². The van der Waals surface area contributed by atoms with Crippen LogP contribution in [0.3, 0.4) is 0 Å². The summed E-state index contributed by atoms with van der Waals surface area (Å²) in [5.74, 6) is 0. The summed E-state index contributed by atoms with van der Waals surface area (Å²) in [6.07, 6.45) is 0. The first-order valence-electron chi connectivity index (χ1n) is 22.3. The second-order valence-electron chi connectivity index (χ2n) is 17.3. The molecule has 15 aromatic rings. The van der Waals surface area contributed by atoms with Gasteiger partial charge in [-0.15, -0.1) is 11.3 Å². The van der Waals surface area contributed by atoms with Gasteiger partial charge in [0.15, 0.2) is 0 Å². The number of hydrogen-bond acceptors (Lipinski definition) is 1. The van der Waals surface area contributed by atoms with E-state index in [1.54, 1.807) is 0 Å². The molecular formula is C60H36N4S. The summed E-state index contributed by atoms with van der Waals surface area (Å²) in [5, 5.41) is 12.6. The Hall–Kier alpha value is -8.38. The molecule has 5 aromatic heterocycles. The van der Waals surface area contributed by atoms with Crippen LogP contribution >= 0.6 is 11.3 Å². The van der Waals surface area contributed by atoms with E-state index in [-0.39, 0.29) is 0 Å². The molecule has 0 saturated carbocycles. The Kier molecular flexibility index (Phi) is 7.07. The van der Waals surface area contributed by atoms with Crippen LogP contribution in [0.5, 0.6) is 0 Å². The van der Waals surface area contributed by atoms with Crippen molar-refractivity contribution in [1.82, 2.24) is 18.3 Å². The zero-order valence-electron chi connectivity index (χ0n) is 35.0. The van der Waals surface area contributed by atoms with Gasteiger partial charge in [-0.3, -0.25) is 0 Å². The lowest BCUT2D eigenvalue weighted by Crippen LogP contribution is -1.98. The highest BCUT2D eigenvalue weighted by Gasteiger charge is 2.23. The normalized spacial score (nSPS) is 12.3.